The second-order valence-corrected chi connectivity index (χ2v) is 8.54. The van der Waals surface area contributed by atoms with E-state index in [0.29, 0.717) is 42.5 Å². The fourth-order valence-electron chi connectivity index (χ4n) is 6.20. The average molecular weight is 360 g/mol. The molecule has 0 aliphatic heterocycles. The van der Waals surface area contributed by atoms with Gasteiger partial charge in [-0.1, -0.05) is 6.92 Å². The third-order valence-electron chi connectivity index (χ3n) is 7.46. The monoisotopic (exact) mass is 360 g/mol. The summed E-state index contributed by atoms with van der Waals surface area (Å²) in [5.41, 5.74) is 2.58. The Morgan fingerprint density at radius 2 is 1.88 bits per heavy atom. The molecule has 4 rings (SSSR count). The van der Waals surface area contributed by atoms with Crippen LogP contribution in [-0.2, 0) is 6.42 Å². The molecule has 3 aliphatic rings. The summed E-state index contributed by atoms with van der Waals surface area (Å²) < 4.78 is 11.6. The van der Waals surface area contributed by atoms with Gasteiger partial charge in [-0.3, -0.25) is 0 Å². The van der Waals surface area contributed by atoms with Gasteiger partial charge in [-0.2, -0.15) is 0 Å². The lowest BCUT2D eigenvalue weighted by molar-refractivity contribution is -0.0227. The van der Waals surface area contributed by atoms with E-state index in [-0.39, 0.29) is 17.3 Å². The minimum Gasteiger partial charge on any atom is -0.502 e. The summed E-state index contributed by atoms with van der Waals surface area (Å²) in [6.07, 6.45) is 6.18. The topological polar surface area (TPSA) is 58.9 Å². The number of benzene rings is 1. The van der Waals surface area contributed by atoms with Crippen molar-refractivity contribution in [2.24, 2.45) is 17.3 Å². The third kappa shape index (κ3) is 2.52. The molecule has 0 amide bonds. The summed E-state index contributed by atoms with van der Waals surface area (Å²) in [5, 5.41) is 21.2. The molecule has 4 heteroatoms. The van der Waals surface area contributed by atoms with Crippen LogP contribution in [-0.4, -0.2) is 29.5 Å². The summed E-state index contributed by atoms with van der Waals surface area (Å²) in [4.78, 5) is 0. The number of aromatic hydroxyl groups is 1. The molecule has 0 heterocycles. The second kappa shape index (κ2) is 6.63. The highest BCUT2D eigenvalue weighted by Crippen LogP contribution is 2.62. The van der Waals surface area contributed by atoms with Crippen LogP contribution >= 0.6 is 0 Å². The quantitative estimate of drug-likeness (QED) is 0.835. The molecule has 0 radical (unpaired) electrons. The lowest BCUT2D eigenvalue weighted by Crippen LogP contribution is -2.44. The summed E-state index contributed by atoms with van der Waals surface area (Å²) in [7, 11) is 0. The Hall–Kier alpha value is -1.42. The van der Waals surface area contributed by atoms with Gasteiger partial charge in [0.2, 0.25) is 5.75 Å². The Labute approximate surface area is 156 Å². The number of hydrogen-bond acceptors (Lipinski definition) is 4. The van der Waals surface area contributed by atoms with Gasteiger partial charge in [0.15, 0.2) is 11.5 Å². The van der Waals surface area contributed by atoms with Crippen LogP contribution in [0.5, 0.6) is 17.2 Å². The molecule has 26 heavy (non-hydrogen) atoms. The van der Waals surface area contributed by atoms with Crippen LogP contribution in [0.2, 0.25) is 0 Å². The van der Waals surface area contributed by atoms with Crippen LogP contribution in [0, 0.1) is 17.3 Å². The van der Waals surface area contributed by atoms with Crippen LogP contribution in [0.1, 0.15) is 69.9 Å². The van der Waals surface area contributed by atoms with Crippen molar-refractivity contribution >= 4 is 0 Å². The predicted molar refractivity (Wildman–Crippen MR) is 101 cm³/mol. The van der Waals surface area contributed by atoms with Crippen molar-refractivity contribution in [1.82, 2.24) is 0 Å². The van der Waals surface area contributed by atoms with E-state index in [1.165, 1.54) is 11.1 Å². The number of hydrogen-bond donors (Lipinski definition) is 2. The largest absolute Gasteiger partial charge is 0.502 e. The van der Waals surface area contributed by atoms with Crippen molar-refractivity contribution in [3.8, 4) is 17.2 Å². The fourth-order valence-corrected chi connectivity index (χ4v) is 6.20. The van der Waals surface area contributed by atoms with Crippen LogP contribution < -0.4 is 9.47 Å². The lowest BCUT2D eigenvalue weighted by Gasteiger charge is -2.50. The molecule has 2 N–H and O–H groups in total. The van der Waals surface area contributed by atoms with Crippen molar-refractivity contribution in [3.63, 3.8) is 0 Å². The maximum atomic E-state index is 10.6. The smallest absolute Gasteiger partial charge is 0.201 e. The van der Waals surface area contributed by atoms with Gasteiger partial charge in [-0.05, 0) is 87.2 Å². The van der Waals surface area contributed by atoms with E-state index < -0.39 is 0 Å². The highest BCUT2D eigenvalue weighted by molar-refractivity contribution is 5.60. The standard InChI is InChI=1S/C22H32O4/c1-4-25-18-12-16-13-10-11-22(3)17(8-9-19(22)23)14(13)6-7-15(16)21(20(18)24)26-5-2/h12-14,17,19,23-24H,4-11H2,1-3H3/t13-,14+,17-,19?,22-/m0/s1. The molecule has 1 aromatic carbocycles. The number of fused-ring (bicyclic) bond motifs is 5. The van der Waals surface area contributed by atoms with Gasteiger partial charge in [-0.25, -0.2) is 0 Å². The first-order valence-electron chi connectivity index (χ1n) is 10.3. The van der Waals surface area contributed by atoms with Crippen molar-refractivity contribution in [3.05, 3.63) is 17.2 Å². The average Bonchev–Trinajstić information content (AvgIpc) is 2.94. The van der Waals surface area contributed by atoms with Crippen molar-refractivity contribution < 1.29 is 19.7 Å². The molecule has 0 spiro atoms. The van der Waals surface area contributed by atoms with Crippen LogP contribution in [0.3, 0.4) is 0 Å². The van der Waals surface area contributed by atoms with Gasteiger partial charge in [0.1, 0.15) is 0 Å². The molecule has 2 fully saturated rings. The maximum Gasteiger partial charge on any atom is 0.201 e. The van der Waals surface area contributed by atoms with Gasteiger partial charge >= 0.3 is 0 Å². The maximum absolute atomic E-state index is 10.6. The zero-order valence-corrected chi connectivity index (χ0v) is 16.3. The third-order valence-corrected chi connectivity index (χ3v) is 7.46. The normalized spacial score (nSPS) is 35.4. The van der Waals surface area contributed by atoms with E-state index in [4.69, 9.17) is 9.47 Å². The fraction of sp³-hybridized carbons (Fsp3) is 0.727. The van der Waals surface area contributed by atoms with E-state index in [1.54, 1.807) is 0 Å². The highest BCUT2D eigenvalue weighted by Gasteiger charge is 2.54. The number of aliphatic hydroxyl groups is 1. The van der Waals surface area contributed by atoms with E-state index >= 15 is 0 Å². The summed E-state index contributed by atoms with van der Waals surface area (Å²) in [6, 6.07) is 2.07. The second-order valence-electron chi connectivity index (χ2n) is 8.54. The zero-order chi connectivity index (χ0) is 18.5. The van der Waals surface area contributed by atoms with E-state index in [9.17, 15) is 10.2 Å². The molecular weight excluding hydrogens is 328 g/mol. The van der Waals surface area contributed by atoms with Gasteiger partial charge in [-0.15, -0.1) is 0 Å². The number of aliphatic hydroxyl groups excluding tert-OH is 1. The molecule has 5 atom stereocenters. The predicted octanol–water partition coefficient (Wildman–Crippen LogP) is 4.41. The molecule has 3 aliphatic carbocycles. The number of phenols is 1. The van der Waals surface area contributed by atoms with E-state index in [0.717, 1.165) is 38.5 Å². The molecule has 4 nitrogen and oxygen atoms in total. The van der Waals surface area contributed by atoms with Crippen LogP contribution in [0.15, 0.2) is 6.07 Å². The number of rotatable bonds is 4. The molecule has 2 saturated carbocycles. The SMILES string of the molecule is CCOc1cc2c(c(OCC)c1O)CC[C@@H]1[C@@H]2CC[C@]2(C)C(O)CC[C@@H]12. The van der Waals surface area contributed by atoms with Crippen LogP contribution in [0.4, 0.5) is 0 Å². The first-order valence-corrected chi connectivity index (χ1v) is 10.3. The minimum absolute atomic E-state index is 0.0844. The van der Waals surface area contributed by atoms with Crippen molar-refractivity contribution in [1.29, 1.82) is 0 Å². The van der Waals surface area contributed by atoms with Crippen molar-refractivity contribution in [2.75, 3.05) is 13.2 Å². The summed E-state index contributed by atoms with van der Waals surface area (Å²) >= 11 is 0. The highest BCUT2D eigenvalue weighted by atomic mass is 16.5. The molecule has 1 aromatic rings. The van der Waals surface area contributed by atoms with Gasteiger partial charge in [0.05, 0.1) is 19.3 Å². The molecule has 0 bridgehead atoms. The van der Waals surface area contributed by atoms with E-state index in [2.05, 4.69) is 13.0 Å². The molecule has 0 aromatic heterocycles. The minimum atomic E-state index is -0.146. The zero-order valence-electron chi connectivity index (χ0n) is 16.3. The Bertz CT molecular complexity index is 685. The van der Waals surface area contributed by atoms with Gasteiger partial charge in [0, 0.05) is 5.56 Å². The van der Waals surface area contributed by atoms with Crippen molar-refractivity contribution in [2.45, 2.75) is 71.3 Å². The van der Waals surface area contributed by atoms with E-state index in [1.807, 2.05) is 13.8 Å². The molecule has 0 saturated heterocycles. The summed E-state index contributed by atoms with van der Waals surface area (Å²) in [5.74, 6) is 3.04. The Morgan fingerprint density at radius 1 is 1.12 bits per heavy atom. The van der Waals surface area contributed by atoms with Crippen LogP contribution in [0.25, 0.3) is 0 Å². The first-order chi connectivity index (χ1) is 12.5. The molecular formula is C22H32O4. The summed E-state index contributed by atoms with van der Waals surface area (Å²) in [6.45, 7) is 7.26. The Balaban J connectivity index is 1.76. The molecule has 144 valence electrons. The first kappa shape index (κ1) is 18.0. The Morgan fingerprint density at radius 3 is 2.62 bits per heavy atom. The number of ether oxygens (including phenoxy) is 2. The molecule has 1 unspecified atom stereocenters. The number of phenolic OH excluding ortho intramolecular Hbond substituents is 1. The lowest BCUT2D eigenvalue weighted by atomic mass is 9.55. The van der Waals surface area contributed by atoms with Gasteiger partial charge in [0.25, 0.3) is 0 Å². The van der Waals surface area contributed by atoms with Gasteiger partial charge < -0.3 is 19.7 Å². The Kier molecular flexibility index (Phi) is 4.58.